The Bertz CT molecular complexity index is 1300. The predicted octanol–water partition coefficient (Wildman–Crippen LogP) is 4.97. The normalized spacial score (nSPS) is 17.8. The monoisotopic (exact) mass is 489 g/mol. The minimum Gasteiger partial charge on any atom is -0.463 e. The number of hydrogen-bond acceptors (Lipinski definition) is 5. The average molecular weight is 490 g/mol. The highest BCUT2D eigenvalue weighted by Gasteiger charge is 2.42. The summed E-state index contributed by atoms with van der Waals surface area (Å²) in [6, 6.07) is 24.1. The topological polar surface area (TPSA) is 65.7 Å². The van der Waals surface area contributed by atoms with Gasteiger partial charge in [0.05, 0.1) is 11.0 Å². The summed E-state index contributed by atoms with van der Waals surface area (Å²) in [5.41, 5.74) is 3.47. The molecule has 0 bridgehead atoms. The van der Waals surface area contributed by atoms with Gasteiger partial charge in [-0.3, -0.25) is 0 Å². The molecule has 3 aromatic carbocycles. The second-order valence-corrected chi connectivity index (χ2v) is 8.45. The predicted molar refractivity (Wildman–Crippen MR) is 125 cm³/mol. The lowest BCUT2D eigenvalue weighted by atomic mass is 10.1. The molecule has 4 aromatic rings. The van der Waals surface area contributed by atoms with E-state index in [9.17, 15) is 4.79 Å². The number of rotatable bonds is 5. The second-order valence-electron chi connectivity index (χ2n) is 7.54. The molecule has 0 fully saturated rings. The molecule has 1 aliphatic heterocycles. The summed E-state index contributed by atoms with van der Waals surface area (Å²) in [5, 5.41) is 0. The third-order valence-corrected chi connectivity index (χ3v) is 5.89. The van der Waals surface area contributed by atoms with E-state index in [4.69, 9.17) is 14.5 Å². The maximum atomic E-state index is 13.1. The van der Waals surface area contributed by atoms with E-state index in [2.05, 4.69) is 20.9 Å². The SMILES string of the molecule is Cn1c(C2OC(c3ccccc3)=NC2C(=O)OCc2ccccc2)nc2cc(Br)ccc21. The minimum absolute atomic E-state index is 0.175. The van der Waals surface area contributed by atoms with Crippen molar-refractivity contribution in [3.8, 4) is 0 Å². The molecule has 5 rings (SSSR count). The molecule has 2 atom stereocenters. The Morgan fingerprint density at radius 2 is 1.78 bits per heavy atom. The first kappa shape index (κ1) is 20.5. The van der Waals surface area contributed by atoms with Gasteiger partial charge in [-0.15, -0.1) is 0 Å². The van der Waals surface area contributed by atoms with E-state index in [1.54, 1.807) is 0 Å². The molecule has 1 aliphatic rings. The number of ether oxygens (including phenoxy) is 2. The molecule has 0 radical (unpaired) electrons. The number of aromatic nitrogens is 2. The maximum Gasteiger partial charge on any atom is 0.335 e. The molecule has 2 heterocycles. The van der Waals surface area contributed by atoms with Gasteiger partial charge in [0.2, 0.25) is 5.90 Å². The summed E-state index contributed by atoms with van der Waals surface area (Å²) in [6.45, 7) is 0.175. The van der Waals surface area contributed by atoms with Crippen LogP contribution in [0.3, 0.4) is 0 Å². The molecule has 0 spiro atoms. The van der Waals surface area contributed by atoms with Crippen molar-refractivity contribution in [3.63, 3.8) is 0 Å². The van der Waals surface area contributed by atoms with Crippen molar-refractivity contribution in [3.05, 3.63) is 100 Å². The smallest absolute Gasteiger partial charge is 0.335 e. The van der Waals surface area contributed by atoms with Crippen LogP contribution in [-0.4, -0.2) is 27.5 Å². The number of hydrogen-bond donors (Lipinski definition) is 0. The molecule has 0 saturated carbocycles. The summed E-state index contributed by atoms with van der Waals surface area (Å²) in [4.78, 5) is 22.5. The number of benzene rings is 3. The molecule has 0 N–H and O–H groups in total. The lowest BCUT2D eigenvalue weighted by Crippen LogP contribution is -2.28. The fourth-order valence-corrected chi connectivity index (χ4v) is 4.11. The first-order valence-electron chi connectivity index (χ1n) is 10.2. The van der Waals surface area contributed by atoms with Crippen molar-refractivity contribution < 1.29 is 14.3 Å². The van der Waals surface area contributed by atoms with E-state index >= 15 is 0 Å². The largest absolute Gasteiger partial charge is 0.463 e. The van der Waals surface area contributed by atoms with Gasteiger partial charge in [-0.25, -0.2) is 14.8 Å². The molecule has 1 aromatic heterocycles. The third kappa shape index (κ3) is 3.91. The highest BCUT2D eigenvalue weighted by Crippen LogP contribution is 2.33. The molecule has 0 saturated heterocycles. The van der Waals surface area contributed by atoms with Crippen LogP contribution in [0.25, 0.3) is 11.0 Å². The summed E-state index contributed by atoms with van der Waals surface area (Å²) >= 11 is 3.49. The number of nitrogens with zero attached hydrogens (tertiary/aromatic N) is 3. The summed E-state index contributed by atoms with van der Waals surface area (Å²) in [5.74, 6) is 0.581. The van der Waals surface area contributed by atoms with Gasteiger partial charge in [-0.1, -0.05) is 64.5 Å². The van der Waals surface area contributed by atoms with Crippen LogP contribution in [0.1, 0.15) is 23.1 Å². The van der Waals surface area contributed by atoms with Gasteiger partial charge in [0.15, 0.2) is 18.0 Å². The summed E-state index contributed by atoms with van der Waals surface area (Å²) in [7, 11) is 1.91. The van der Waals surface area contributed by atoms with Gasteiger partial charge in [0.25, 0.3) is 0 Å². The molecule has 0 aliphatic carbocycles. The number of carbonyl (C=O) groups is 1. The zero-order valence-corrected chi connectivity index (χ0v) is 18.9. The Morgan fingerprint density at radius 1 is 1.06 bits per heavy atom. The molecule has 0 amide bonds. The zero-order chi connectivity index (χ0) is 22.1. The van der Waals surface area contributed by atoms with Gasteiger partial charge in [0.1, 0.15) is 6.61 Å². The van der Waals surface area contributed by atoms with Crippen LogP contribution >= 0.6 is 15.9 Å². The Kier molecular flexibility index (Phi) is 5.49. The van der Waals surface area contributed by atoms with Crippen LogP contribution in [0, 0.1) is 0 Å². The fourth-order valence-electron chi connectivity index (χ4n) is 3.76. The van der Waals surface area contributed by atoms with Crippen LogP contribution in [0.5, 0.6) is 0 Å². The Hall–Kier alpha value is -3.45. The Labute approximate surface area is 193 Å². The van der Waals surface area contributed by atoms with E-state index in [0.29, 0.717) is 11.7 Å². The summed E-state index contributed by atoms with van der Waals surface area (Å²) < 4.78 is 14.7. The quantitative estimate of drug-likeness (QED) is 0.371. The van der Waals surface area contributed by atoms with E-state index < -0.39 is 18.1 Å². The van der Waals surface area contributed by atoms with Crippen molar-refractivity contribution in [1.29, 1.82) is 0 Å². The van der Waals surface area contributed by atoms with E-state index in [1.807, 2.05) is 90.5 Å². The maximum absolute atomic E-state index is 13.1. The van der Waals surface area contributed by atoms with Gasteiger partial charge in [0, 0.05) is 17.1 Å². The second kappa shape index (κ2) is 8.59. The number of aryl methyl sites for hydroxylation is 1. The van der Waals surface area contributed by atoms with Gasteiger partial charge >= 0.3 is 5.97 Å². The highest BCUT2D eigenvalue weighted by atomic mass is 79.9. The van der Waals surface area contributed by atoms with Crippen LogP contribution in [0.4, 0.5) is 0 Å². The van der Waals surface area contributed by atoms with Gasteiger partial charge in [-0.05, 0) is 35.9 Å². The van der Waals surface area contributed by atoms with Gasteiger partial charge in [-0.2, -0.15) is 0 Å². The molecular formula is C25H20BrN3O3. The molecule has 32 heavy (non-hydrogen) atoms. The Morgan fingerprint density at radius 3 is 2.53 bits per heavy atom. The minimum atomic E-state index is -0.854. The molecule has 6 nitrogen and oxygen atoms in total. The summed E-state index contributed by atoms with van der Waals surface area (Å²) in [6.07, 6.45) is -0.690. The van der Waals surface area contributed by atoms with Crippen LogP contribution < -0.4 is 0 Å². The van der Waals surface area contributed by atoms with Crippen molar-refractivity contribution in [2.75, 3.05) is 0 Å². The number of aliphatic imine (C=N–C) groups is 1. The first-order chi connectivity index (χ1) is 15.6. The van der Waals surface area contributed by atoms with Crippen molar-refractivity contribution in [2.45, 2.75) is 18.8 Å². The Balaban J connectivity index is 1.49. The van der Waals surface area contributed by atoms with E-state index in [1.165, 1.54) is 0 Å². The first-order valence-corrected chi connectivity index (χ1v) is 11.0. The fraction of sp³-hybridized carbons (Fsp3) is 0.160. The molecule has 160 valence electrons. The number of carbonyl (C=O) groups excluding carboxylic acids is 1. The van der Waals surface area contributed by atoms with Gasteiger partial charge < -0.3 is 14.0 Å². The molecule has 2 unspecified atom stereocenters. The lowest BCUT2D eigenvalue weighted by molar-refractivity contribution is -0.148. The van der Waals surface area contributed by atoms with E-state index in [0.717, 1.165) is 26.6 Å². The van der Waals surface area contributed by atoms with E-state index in [-0.39, 0.29) is 6.61 Å². The van der Waals surface area contributed by atoms with Crippen LogP contribution in [0.15, 0.2) is 88.3 Å². The van der Waals surface area contributed by atoms with Crippen LogP contribution in [0.2, 0.25) is 0 Å². The third-order valence-electron chi connectivity index (χ3n) is 5.40. The molecule has 7 heteroatoms. The average Bonchev–Trinajstić information content (AvgIpc) is 3.40. The number of fused-ring (bicyclic) bond motifs is 1. The van der Waals surface area contributed by atoms with Crippen LogP contribution in [-0.2, 0) is 27.9 Å². The van der Waals surface area contributed by atoms with Crippen molar-refractivity contribution >= 4 is 38.8 Å². The van der Waals surface area contributed by atoms with Crippen molar-refractivity contribution in [2.24, 2.45) is 12.0 Å². The lowest BCUT2D eigenvalue weighted by Gasteiger charge is -2.17. The number of imidazole rings is 1. The number of halogens is 1. The van der Waals surface area contributed by atoms with Crippen molar-refractivity contribution in [1.82, 2.24) is 9.55 Å². The number of esters is 1. The standard InChI is InChI=1S/C25H20BrN3O3/c1-29-20-13-12-18(26)14-19(20)27-23(29)22-21(25(30)31-15-16-8-4-2-5-9-16)28-24(32-22)17-10-6-3-7-11-17/h2-14,21-22H,15H2,1H3. The zero-order valence-electron chi connectivity index (χ0n) is 17.3. The highest BCUT2D eigenvalue weighted by molar-refractivity contribution is 9.10. The molecular weight excluding hydrogens is 470 g/mol.